The molecule has 160 valence electrons. The lowest BCUT2D eigenvalue weighted by molar-refractivity contribution is 0.0985. The summed E-state index contributed by atoms with van der Waals surface area (Å²) in [5, 5.41) is 0. The average molecular weight is 433 g/mol. The zero-order valence-electron chi connectivity index (χ0n) is 17.8. The first-order chi connectivity index (χ1) is 15.1. The van der Waals surface area contributed by atoms with E-state index < -0.39 is 0 Å². The lowest BCUT2D eigenvalue weighted by Gasteiger charge is -2.42. The molecule has 5 rings (SSSR count). The Balaban J connectivity index is 1.59. The summed E-state index contributed by atoms with van der Waals surface area (Å²) in [4.78, 5) is 13.8. The molecule has 0 unspecified atom stereocenters. The first kappa shape index (κ1) is 20.3. The van der Waals surface area contributed by atoms with Gasteiger partial charge in [0.05, 0.1) is 29.7 Å². The molecule has 1 aliphatic heterocycles. The van der Waals surface area contributed by atoms with E-state index in [1.807, 2.05) is 36.0 Å². The summed E-state index contributed by atoms with van der Waals surface area (Å²) >= 11 is 1.94. The summed E-state index contributed by atoms with van der Waals surface area (Å²) in [5.74, 6) is 1.76. The molecule has 0 amide bonds. The van der Waals surface area contributed by atoms with E-state index in [9.17, 15) is 0 Å². The largest absolute Gasteiger partial charge is 0.399 e. The number of aromatic nitrogens is 2. The number of anilines is 2. The number of morpholine rings is 1. The number of hydrogen-bond acceptors (Lipinski definition) is 6. The van der Waals surface area contributed by atoms with Crippen LogP contribution in [-0.4, -0.2) is 35.8 Å². The van der Waals surface area contributed by atoms with E-state index in [1.54, 1.807) is 0 Å². The van der Waals surface area contributed by atoms with Gasteiger partial charge in [-0.2, -0.15) is 0 Å². The quantitative estimate of drug-likeness (QED) is 0.565. The Kier molecular flexibility index (Phi) is 5.59. The Bertz CT molecular complexity index is 1040. The van der Waals surface area contributed by atoms with Crippen molar-refractivity contribution >= 4 is 23.3 Å². The van der Waals surface area contributed by atoms with Gasteiger partial charge < -0.3 is 15.4 Å². The Hall–Kier alpha value is -2.57. The van der Waals surface area contributed by atoms with E-state index in [2.05, 4.69) is 48.2 Å². The topological polar surface area (TPSA) is 64.3 Å². The van der Waals surface area contributed by atoms with Crippen LogP contribution in [0.2, 0.25) is 0 Å². The van der Waals surface area contributed by atoms with Gasteiger partial charge in [0.15, 0.2) is 5.82 Å². The lowest BCUT2D eigenvalue weighted by Crippen LogP contribution is -2.44. The minimum atomic E-state index is -0.00285. The normalized spacial score (nSPS) is 20.3. The van der Waals surface area contributed by atoms with Crippen molar-refractivity contribution in [1.82, 2.24) is 9.97 Å². The molecule has 1 saturated heterocycles. The molecule has 3 aromatic rings. The van der Waals surface area contributed by atoms with Crippen molar-refractivity contribution in [2.75, 3.05) is 30.4 Å². The first-order valence-electron chi connectivity index (χ1n) is 11.0. The minimum Gasteiger partial charge on any atom is -0.399 e. The molecule has 0 bridgehead atoms. The summed E-state index contributed by atoms with van der Waals surface area (Å²) in [5.41, 5.74) is 8.79. The second-order valence-electron chi connectivity index (χ2n) is 8.44. The molecule has 1 aliphatic carbocycles. The molecule has 5 nitrogen and oxygen atoms in total. The standard InChI is InChI=1S/C25H28N4OS/c1-18-17-30-15-14-29(18)23-16-22(27-24(28-23)19-8-10-20(26)11-9-19)25(12-5-13-25)31-21-6-3-2-4-7-21/h2-4,6-11,16,18H,5,12-15,17,26H2,1H3/t18-/m0/s1. The van der Waals surface area contributed by atoms with Crippen LogP contribution in [0.1, 0.15) is 31.9 Å². The minimum absolute atomic E-state index is 0.00285. The number of rotatable bonds is 5. The van der Waals surface area contributed by atoms with Crippen LogP contribution in [0.25, 0.3) is 11.4 Å². The van der Waals surface area contributed by atoms with Crippen LogP contribution in [0.5, 0.6) is 0 Å². The van der Waals surface area contributed by atoms with Crippen molar-refractivity contribution < 1.29 is 4.74 Å². The van der Waals surface area contributed by atoms with E-state index in [4.69, 9.17) is 20.4 Å². The molecule has 2 aromatic carbocycles. The summed E-state index contributed by atoms with van der Waals surface area (Å²) in [7, 11) is 0. The number of hydrogen-bond donors (Lipinski definition) is 1. The molecule has 2 heterocycles. The highest BCUT2D eigenvalue weighted by Crippen LogP contribution is 2.55. The van der Waals surface area contributed by atoms with Gasteiger partial charge in [-0.15, -0.1) is 11.8 Å². The fourth-order valence-electron chi connectivity index (χ4n) is 4.27. The predicted molar refractivity (Wildman–Crippen MR) is 127 cm³/mol. The van der Waals surface area contributed by atoms with Crippen molar-refractivity contribution in [3.05, 3.63) is 66.4 Å². The monoisotopic (exact) mass is 432 g/mol. The number of nitrogens with two attached hydrogens (primary N) is 1. The van der Waals surface area contributed by atoms with Crippen molar-refractivity contribution in [2.45, 2.75) is 41.9 Å². The van der Waals surface area contributed by atoms with Gasteiger partial charge in [0.1, 0.15) is 5.82 Å². The van der Waals surface area contributed by atoms with Crippen molar-refractivity contribution in [3.8, 4) is 11.4 Å². The molecule has 1 aromatic heterocycles. The van der Waals surface area contributed by atoms with Gasteiger partial charge in [0, 0.05) is 28.8 Å². The molecule has 6 heteroatoms. The van der Waals surface area contributed by atoms with Crippen LogP contribution < -0.4 is 10.6 Å². The van der Waals surface area contributed by atoms with Gasteiger partial charge in [0.25, 0.3) is 0 Å². The Morgan fingerprint density at radius 3 is 2.52 bits per heavy atom. The van der Waals surface area contributed by atoms with Gasteiger partial charge >= 0.3 is 0 Å². The molecular formula is C25H28N4OS. The van der Waals surface area contributed by atoms with Gasteiger partial charge in [0.2, 0.25) is 0 Å². The summed E-state index contributed by atoms with van der Waals surface area (Å²) in [6.07, 6.45) is 3.48. The van der Waals surface area contributed by atoms with Crippen molar-refractivity contribution in [3.63, 3.8) is 0 Å². The van der Waals surface area contributed by atoms with E-state index in [0.29, 0.717) is 0 Å². The average Bonchev–Trinajstić information content (AvgIpc) is 2.77. The number of ether oxygens (including phenoxy) is 1. The second-order valence-corrected chi connectivity index (χ2v) is 9.89. The zero-order valence-corrected chi connectivity index (χ0v) is 18.6. The van der Waals surface area contributed by atoms with Crippen LogP contribution in [0.3, 0.4) is 0 Å². The third kappa shape index (κ3) is 4.14. The third-order valence-corrected chi connectivity index (χ3v) is 7.74. The molecule has 0 radical (unpaired) electrons. The highest BCUT2D eigenvalue weighted by atomic mass is 32.2. The number of benzene rings is 2. The molecular weight excluding hydrogens is 404 g/mol. The third-order valence-electron chi connectivity index (χ3n) is 6.23. The van der Waals surface area contributed by atoms with E-state index in [1.165, 1.54) is 11.3 Å². The summed E-state index contributed by atoms with van der Waals surface area (Å²) < 4.78 is 5.66. The van der Waals surface area contributed by atoms with E-state index >= 15 is 0 Å². The first-order valence-corrected chi connectivity index (χ1v) is 11.8. The number of nitrogens with zero attached hydrogens (tertiary/aromatic N) is 3. The van der Waals surface area contributed by atoms with Gasteiger partial charge in [-0.3, -0.25) is 0 Å². The molecule has 0 spiro atoms. The van der Waals surface area contributed by atoms with Crippen LogP contribution in [-0.2, 0) is 9.48 Å². The van der Waals surface area contributed by atoms with Crippen molar-refractivity contribution in [2.24, 2.45) is 0 Å². The molecule has 2 fully saturated rings. The van der Waals surface area contributed by atoms with Crippen LogP contribution in [0.4, 0.5) is 11.5 Å². The summed E-state index contributed by atoms with van der Waals surface area (Å²) in [6, 6.07) is 21.0. The lowest BCUT2D eigenvalue weighted by atomic mass is 9.81. The second kappa shape index (κ2) is 8.52. The molecule has 2 aliphatic rings. The maximum atomic E-state index is 5.92. The molecule has 2 N–H and O–H groups in total. The molecule has 1 atom stereocenters. The number of thioether (sulfide) groups is 1. The predicted octanol–water partition coefficient (Wildman–Crippen LogP) is 5.12. The summed E-state index contributed by atoms with van der Waals surface area (Å²) in [6.45, 7) is 4.49. The Labute approximate surface area is 188 Å². The van der Waals surface area contributed by atoms with E-state index in [0.717, 1.165) is 61.2 Å². The van der Waals surface area contributed by atoms with Gasteiger partial charge in [-0.05, 0) is 62.6 Å². The van der Waals surface area contributed by atoms with Crippen LogP contribution in [0, 0.1) is 0 Å². The van der Waals surface area contributed by atoms with Crippen LogP contribution in [0.15, 0.2) is 65.6 Å². The smallest absolute Gasteiger partial charge is 0.161 e. The van der Waals surface area contributed by atoms with Gasteiger partial charge in [-0.25, -0.2) is 9.97 Å². The van der Waals surface area contributed by atoms with Crippen LogP contribution >= 0.6 is 11.8 Å². The maximum Gasteiger partial charge on any atom is 0.161 e. The van der Waals surface area contributed by atoms with Gasteiger partial charge in [-0.1, -0.05) is 18.2 Å². The van der Waals surface area contributed by atoms with E-state index in [-0.39, 0.29) is 10.8 Å². The fourth-order valence-corrected chi connectivity index (χ4v) is 5.71. The SMILES string of the molecule is C[C@H]1COCCN1c1cc(C2(Sc3ccccc3)CCC2)nc(-c2ccc(N)cc2)n1. The highest BCUT2D eigenvalue weighted by molar-refractivity contribution is 8.00. The number of nitrogen functional groups attached to an aromatic ring is 1. The Morgan fingerprint density at radius 1 is 1.06 bits per heavy atom. The molecule has 31 heavy (non-hydrogen) atoms. The highest BCUT2D eigenvalue weighted by Gasteiger charge is 2.42. The zero-order chi connectivity index (χ0) is 21.3. The Morgan fingerprint density at radius 2 is 1.84 bits per heavy atom. The van der Waals surface area contributed by atoms with Crippen molar-refractivity contribution in [1.29, 1.82) is 0 Å². The maximum absolute atomic E-state index is 5.92. The fraction of sp³-hybridized carbons (Fsp3) is 0.360. The molecule has 1 saturated carbocycles.